The molecule has 18 heavy (non-hydrogen) atoms. The SMILES string of the molecule is O=C(O)[C@H]1CSC(c2cccc(C(F)(F)F)c2)N1. The Bertz CT molecular complexity index is 464. The molecule has 1 heterocycles. The minimum atomic E-state index is -4.38. The summed E-state index contributed by atoms with van der Waals surface area (Å²) in [6.07, 6.45) is -4.38. The average Bonchev–Trinajstić information content (AvgIpc) is 2.77. The third-order valence-electron chi connectivity index (χ3n) is 2.60. The molecule has 2 rings (SSSR count). The first-order chi connectivity index (χ1) is 8.38. The molecule has 1 unspecified atom stereocenters. The van der Waals surface area contributed by atoms with E-state index in [0.717, 1.165) is 12.1 Å². The van der Waals surface area contributed by atoms with Gasteiger partial charge in [-0.05, 0) is 17.7 Å². The summed E-state index contributed by atoms with van der Waals surface area (Å²) in [5, 5.41) is 11.2. The Morgan fingerprint density at radius 2 is 2.17 bits per heavy atom. The lowest BCUT2D eigenvalue weighted by molar-refractivity contribution is -0.139. The summed E-state index contributed by atoms with van der Waals surface area (Å²) in [7, 11) is 0. The number of carboxylic acid groups (broad SMARTS) is 1. The predicted octanol–water partition coefficient (Wildman–Crippen LogP) is 2.49. The fourth-order valence-electron chi connectivity index (χ4n) is 1.68. The molecule has 0 spiro atoms. The van der Waals surface area contributed by atoms with Gasteiger partial charge in [-0.2, -0.15) is 13.2 Å². The van der Waals surface area contributed by atoms with Gasteiger partial charge in [-0.3, -0.25) is 10.1 Å². The summed E-state index contributed by atoms with van der Waals surface area (Å²) in [5.41, 5.74) is -0.278. The van der Waals surface area contributed by atoms with Crippen molar-refractivity contribution in [2.75, 3.05) is 5.75 Å². The summed E-state index contributed by atoms with van der Waals surface area (Å²) in [5.74, 6) is -0.645. The standard InChI is InChI=1S/C11H10F3NO2S/c12-11(13,14)7-3-1-2-6(4-7)9-15-8(5-18-9)10(16)17/h1-4,8-9,15H,5H2,(H,16,17)/t8-,9?/m1/s1. The van der Waals surface area contributed by atoms with Gasteiger partial charge >= 0.3 is 12.1 Å². The lowest BCUT2D eigenvalue weighted by Gasteiger charge is -2.13. The van der Waals surface area contributed by atoms with Gasteiger partial charge in [0.2, 0.25) is 0 Å². The van der Waals surface area contributed by atoms with Crippen LogP contribution in [-0.2, 0) is 11.0 Å². The molecule has 0 aliphatic carbocycles. The topological polar surface area (TPSA) is 49.3 Å². The van der Waals surface area contributed by atoms with Crippen molar-refractivity contribution in [1.82, 2.24) is 5.32 Å². The van der Waals surface area contributed by atoms with Crippen LogP contribution in [0.4, 0.5) is 13.2 Å². The van der Waals surface area contributed by atoms with Crippen molar-refractivity contribution >= 4 is 17.7 Å². The van der Waals surface area contributed by atoms with Crippen LogP contribution in [0, 0.1) is 0 Å². The van der Waals surface area contributed by atoms with E-state index in [9.17, 15) is 18.0 Å². The lowest BCUT2D eigenvalue weighted by atomic mass is 10.1. The van der Waals surface area contributed by atoms with Gasteiger partial charge in [0.05, 0.1) is 10.9 Å². The zero-order valence-electron chi connectivity index (χ0n) is 9.07. The molecule has 98 valence electrons. The summed E-state index contributed by atoms with van der Waals surface area (Å²) in [4.78, 5) is 10.7. The van der Waals surface area contributed by atoms with Gasteiger partial charge in [-0.15, -0.1) is 11.8 Å². The second-order valence-electron chi connectivity index (χ2n) is 3.89. The largest absolute Gasteiger partial charge is 0.480 e. The van der Waals surface area contributed by atoms with Crippen molar-refractivity contribution in [1.29, 1.82) is 0 Å². The first kappa shape index (κ1) is 13.2. The number of hydrogen-bond donors (Lipinski definition) is 2. The van der Waals surface area contributed by atoms with E-state index in [4.69, 9.17) is 5.11 Å². The predicted molar refractivity (Wildman–Crippen MR) is 61.2 cm³/mol. The second-order valence-corrected chi connectivity index (χ2v) is 5.03. The highest BCUT2D eigenvalue weighted by molar-refractivity contribution is 7.99. The van der Waals surface area contributed by atoms with Gasteiger partial charge in [0.25, 0.3) is 0 Å². The molecule has 0 aromatic heterocycles. The number of rotatable bonds is 2. The third kappa shape index (κ3) is 2.78. The summed E-state index contributed by atoms with van der Waals surface area (Å²) in [6.45, 7) is 0. The Kier molecular flexibility index (Phi) is 3.54. The monoisotopic (exact) mass is 277 g/mol. The number of aliphatic carboxylic acids is 1. The molecule has 0 radical (unpaired) electrons. The molecule has 3 nitrogen and oxygen atoms in total. The van der Waals surface area contributed by atoms with Gasteiger partial charge in [0.1, 0.15) is 6.04 Å². The van der Waals surface area contributed by atoms with E-state index < -0.39 is 29.1 Å². The van der Waals surface area contributed by atoms with Crippen LogP contribution < -0.4 is 5.32 Å². The first-order valence-electron chi connectivity index (χ1n) is 5.15. The molecule has 2 atom stereocenters. The third-order valence-corrected chi connectivity index (χ3v) is 3.86. The maximum atomic E-state index is 12.5. The maximum absolute atomic E-state index is 12.5. The first-order valence-corrected chi connectivity index (χ1v) is 6.20. The maximum Gasteiger partial charge on any atom is 0.416 e. The Hall–Kier alpha value is -1.21. The smallest absolute Gasteiger partial charge is 0.416 e. The van der Waals surface area contributed by atoms with Crippen LogP contribution in [-0.4, -0.2) is 22.9 Å². The number of halogens is 3. The highest BCUT2D eigenvalue weighted by atomic mass is 32.2. The van der Waals surface area contributed by atoms with Crippen LogP contribution in [0.1, 0.15) is 16.5 Å². The summed E-state index contributed by atoms with van der Waals surface area (Å²) < 4.78 is 37.6. The molecule has 1 aliphatic heterocycles. The molecular formula is C11H10F3NO2S. The van der Waals surface area contributed by atoms with Crippen molar-refractivity contribution in [3.63, 3.8) is 0 Å². The molecule has 0 bridgehead atoms. The fraction of sp³-hybridized carbons (Fsp3) is 0.364. The van der Waals surface area contributed by atoms with E-state index in [1.54, 1.807) is 6.07 Å². The Morgan fingerprint density at radius 3 is 2.72 bits per heavy atom. The van der Waals surface area contributed by atoms with E-state index >= 15 is 0 Å². The van der Waals surface area contributed by atoms with Crippen molar-refractivity contribution in [2.24, 2.45) is 0 Å². The number of carbonyl (C=O) groups is 1. The van der Waals surface area contributed by atoms with Gasteiger partial charge in [0, 0.05) is 5.75 Å². The highest BCUT2D eigenvalue weighted by Gasteiger charge is 2.33. The number of alkyl halides is 3. The number of thioether (sulfide) groups is 1. The zero-order chi connectivity index (χ0) is 13.3. The molecular weight excluding hydrogens is 267 g/mol. The van der Waals surface area contributed by atoms with Crippen LogP contribution in [0.3, 0.4) is 0 Å². The van der Waals surface area contributed by atoms with Crippen LogP contribution in [0.25, 0.3) is 0 Å². The normalized spacial score (nSPS) is 24.2. The van der Waals surface area contributed by atoms with Crippen LogP contribution in [0.5, 0.6) is 0 Å². The molecule has 1 aromatic rings. The molecule has 1 aromatic carbocycles. The number of carboxylic acids is 1. The molecule has 0 saturated carbocycles. The van der Waals surface area contributed by atoms with E-state index in [0.29, 0.717) is 11.3 Å². The fourth-order valence-corrected chi connectivity index (χ4v) is 2.91. The highest BCUT2D eigenvalue weighted by Crippen LogP contribution is 2.36. The number of hydrogen-bond acceptors (Lipinski definition) is 3. The van der Waals surface area contributed by atoms with Crippen LogP contribution in [0.15, 0.2) is 24.3 Å². The molecule has 2 N–H and O–H groups in total. The van der Waals surface area contributed by atoms with Gasteiger partial charge in [0.15, 0.2) is 0 Å². The Morgan fingerprint density at radius 1 is 1.44 bits per heavy atom. The number of benzene rings is 1. The molecule has 1 aliphatic rings. The van der Waals surface area contributed by atoms with Crippen LogP contribution >= 0.6 is 11.8 Å². The Balaban J connectivity index is 2.18. The van der Waals surface area contributed by atoms with Gasteiger partial charge in [-0.25, -0.2) is 0 Å². The van der Waals surface area contributed by atoms with Crippen molar-refractivity contribution in [3.05, 3.63) is 35.4 Å². The van der Waals surface area contributed by atoms with Crippen LogP contribution in [0.2, 0.25) is 0 Å². The lowest BCUT2D eigenvalue weighted by Crippen LogP contribution is -2.33. The second kappa shape index (κ2) is 4.81. The van der Waals surface area contributed by atoms with Crippen molar-refractivity contribution in [3.8, 4) is 0 Å². The van der Waals surface area contributed by atoms with E-state index in [1.807, 2.05) is 0 Å². The number of nitrogens with one attached hydrogen (secondary N) is 1. The molecule has 0 amide bonds. The Labute approximate surface area is 105 Å². The summed E-state index contributed by atoms with van der Waals surface area (Å²) in [6, 6.07) is 4.22. The minimum Gasteiger partial charge on any atom is -0.480 e. The minimum absolute atomic E-state index is 0.343. The van der Waals surface area contributed by atoms with E-state index in [2.05, 4.69) is 5.32 Å². The van der Waals surface area contributed by atoms with E-state index in [1.165, 1.54) is 17.8 Å². The quantitative estimate of drug-likeness (QED) is 0.872. The molecule has 1 saturated heterocycles. The van der Waals surface area contributed by atoms with Crippen molar-refractivity contribution < 1.29 is 23.1 Å². The average molecular weight is 277 g/mol. The van der Waals surface area contributed by atoms with Gasteiger partial charge in [-0.1, -0.05) is 12.1 Å². The molecule has 1 fully saturated rings. The van der Waals surface area contributed by atoms with Gasteiger partial charge < -0.3 is 5.11 Å². The summed E-state index contributed by atoms with van der Waals surface area (Å²) >= 11 is 1.29. The van der Waals surface area contributed by atoms with E-state index in [-0.39, 0.29) is 0 Å². The van der Waals surface area contributed by atoms with Crippen molar-refractivity contribution in [2.45, 2.75) is 17.6 Å². The molecule has 7 heteroatoms. The zero-order valence-corrected chi connectivity index (χ0v) is 9.89.